The molecule has 0 aliphatic rings. The molecule has 0 atom stereocenters. The number of aryl methyl sites for hydroxylation is 2. The van der Waals surface area contributed by atoms with Crippen molar-refractivity contribution in [2.45, 2.75) is 40.0 Å². The van der Waals surface area contributed by atoms with Gasteiger partial charge < -0.3 is 10.6 Å². The smallest absolute Gasteiger partial charge is 0.238 e. The number of hydrogen-bond donors (Lipinski definition) is 2. The fourth-order valence-electron chi connectivity index (χ4n) is 1.77. The van der Waals surface area contributed by atoms with Gasteiger partial charge in [-0.3, -0.25) is 4.79 Å². The molecule has 2 N–H and O–H groups in total. The molecule has 100 valence electrons. The maximum absolute atomic E-state index is 11.7. The van der Waals surface area contributed by atoms with E-state index in [0.29, 0.717) is 6.54 Å². The monoisotopic (exact) mass is 248 g/mol. The van der Waals surface area contributed by atoms with Crippen molar-refractivity contribution in [3.05, 3.63) is 29.3 Å². The normalized spacial score (nSPS) is 10.4. The van der Waals surface area contributed by atoms with E-state index in [1.807, 2.05) is 32.0 Å². The van der Waals surface area contributed by atoms with Gasteiger partial charge in [0.05, 0.1) is 6.54 Å². The minimum absolute atomic E-state index is 0.0280. The third kappa shape index (κ3) is 5.32. The van der Waals surface area contributed by atoms with Crippen LogP contribution in [0.3, 0.4) is 0 Å². The van der Waals surface area contributed by atoms with Crippen LogP contribution in [-0.2, 0) is 4.79 Å². The van der Waals surface area contributed by atoms with Crippen LogP contribution in [0, 0.1) is 13.8 Å². The summed E-state index contributed by atoms with van der Waals surface area (Å²) in [6.45, 7) is 7.50. The molecule has 0 unspecified atom stereocenters. The van der Waals surface area contributed by atoms with E-state index in [-0.39, 0.29) is 5.91 Å². The average molecular weight is 248 g/mol. The van der Waals surface area contributed by atoms with Crippen LogP contribution in [0.25, 0.3) is 0 Å². The highest BCUT2D eigenvalue weighted by Crippen LogP contribution is 2.15. The highest BCUT2D eigenvalue weighted by molar-refractivity contribution is 5.93. The first-order chi connectivity index (χ1) is 8.63. The molecule has 0 fully saturated rings. The molecule has 1 rings (SSSR count). The minimum Gasteiger partial charge on any atom is -0.325 e. The Morgan fingerprint density at radius 1 is 1.22 bits per heavy atom. The second-order valence-corrected chi connectivity index (χ2v) is 4.75. The van der Waals surface area contributed by atoms with Crippen molar-refractivity contribution in [1.29, 1.82) is 0 Å². The van der Waals surface area contributed by atoms with Gasteiger partial charge in [-0.1, -0.05) is 31.9 Å². The molecule has 0 aromatic heterocycles. The van der Waals surface area contributed by atoms with Crippen LogP contribution in [0.4, 0.5) is 5.69 Å². The van der Waals surface area contributed by atoms with Gasteiger partial charge in [0.1, 0.15) is 0 Å². The summed E-state index contributed by atoms with van der Waals surface area (Å²) in [5.41, 5.74) is 3.17. The maximum Gasteiger partial charge on any atom is 0.238 e. The first kappa shape index (κ1) is 14.7. The maximum atomic E-state index is 11.7. The summed E-state index contributed by atoms with van der Waals surface area (Å²) in [4.78, 5) is 11.7. The fourth-order valence-corrected chi connectivity index (χ4v) is 1.77. The molecule has 1 aromatic carbocycles. The molecule has 0 bridgehead atoms. The molecule has 0 aliphatic carbocycles. The summed E-state index contributed by atoms with van der Waals surface area (Å²) in [5, 5.41) is 6.10. The number of hydrogen-bond acceptors (Lipinski definition) is 2. The quantitative estimate of drug-likeness (QED) is 0.728. The highest BCUT2D eigenvalue weighted by Gasteiger charge is 2.04. The van der Waals surface area contributed by atoms with Gasteiger partial charge >= 0.3 is 0 Å². The molecule has 3 nitrogen and oxygen atoms in total. The lowest BCUT2D eigenvalue weighted by atomic mass is 10.1. The van der Waals surface area contributed by atoms with Crippen molar-refractivity contribution in [2.24, 2.45) is 0 Å². The van der Waals surface area contributed by atoms with E-state index in [9.17, 15) is 4.79 Å². The van der Waals surface area contributed by atoms with Crippen LogP contribution in [0.5, 0.6) is 0 Å². The van der Waals surface area contributed by atoms with Crippen LogP contribution < -0.4 is 10.6 Å². The minimum atomic E-state index is 0.0280. The molecular weight excluding hydrogens is 224 g/mol. The SMILES string of the molecule is CCCCCNCC(=O)Nc1cc(C)ccc1C. The molecule has 0 radical (unpaired) electrons. The highest BCUT2D eigenvalue weighted by atomic mass is 16.1. The molecule has 3 heteroatoms. The Morgan fingerprint density at radius 3 is 2.72 bits per heavy atom. The average Bonchev–Trinajstić information content (AvgIpc) is 2.33. The van der Waals surface area contributed by atoms with Crippen LogP contribution in [0.15, 0.2) is 18.2 Å². The van der Waals surface area contributed by atoms with E-state index >= 15 is 0 Å². The van der Waals surface area contributed by atoms with E-state index in [0.717, 1.165) is 29.8 Å². The first-order valence-electron chi connectivity index (χ1n) is 6.71. The zero-order valence-electron chi connectivity index (χ0n) is 11.7. The lowest BCUT2D eigenvalue weighted by Crippen LogP contribution is -2.29. The number of amides is 1. The van der Waals surface area contributed by atoms with Crippen LogP contribution in [0.2, 0.25) is 0 Å². The van der Waals surface area contributed by atoms with E-state index in [1.165, 1.54) is 12.8 Å². The lowest BCUT2D eigenvalue weighted by Gasteiger charge is -2.10. The second kappa shape index (κ2) is 7.88. The van der Waals surface area contributed by atoms with Crippen LogP contribution in [-0.4, -0.2) is 19.0 Å². The summed E-state index contributed by atoms with van der Waals surface area (Å²) in [7, 11) is 0. The van der Waals surface area contributed by atoms with Crippen molar-refractivity contribution in [3.8, 4) is 0 Å². The lowest BCUT2D eigenvalue weighted by molar-refractivity contribution is -0.115. The summed E-state index contributed by atoms with van der Waals surface area (Å²) in [5.74, 6) is 0.0280. The molecule has 0 heterocycles. The molecule has 0 saturated heterocycles. The first-order valence-corrected chi connectivity index (χ1v) is 6.71. The van der Waals surface area contributed by atoms with Gasteiger partial charge in [-0.25, -0.2) is 0 Å². The predicted octanol–water partition coefficient (Wildman–Crippen LogP) is 3.02. The van der Waals surface area contributed by atoms with E-state index in [4.69, 9.17) is 0 Å². The Morgan fingerprint density at radius 2 is 2.00 bits per heavy atom. The standard InChI is InChI=1S/C15H24N2O/c1-4-5-6-9-16-11-15(18)17-14-10-12(2)7-8-13(14)3/h7-8,10,16H,4-6,9,11H2,1-3H3,(H,17,18). The van der Waals surface area contributed by atoms with Crippen molar-refractivity contribution in [2.75, 3.05) is 18.4 Å². The topological polar surface area (TPSA) is 41.1 Å². The van der Waals surface area contributed by atoms with Crippen LogP contribution >= 0.6 is 0 Å². The number of anilines is 1. The molecule has 1 aromatic rings. The molecule has 0 aliphatic heterocycles. The van der Waals surface area contributed by atoms with Crippen molar-refractivity contribution >= 4 is 11.6 Å². The number of rotatable bonds is 7. The summed E-state index contributed by atoms with van der Waals surface area (Å²) >= 11 is 0. The predicted molar refractivity (Wildman–Crippen MR) is 76.9 cm³/mol. The van der Waals surface area contributed by atoms with Crippen molar-refractivity contribution in [3.63, 3.8) is 0 Å². The van der Waals surface area contributed by atoms with E-state index in [1.54, 1.807) is 0 Å². The van der Waals surface area contributed by atoms with Gasteiger partial charge in [-0.15, -0.1) is 0 Å². The van der Waals surface area contributed by atoms with E-state index < -0.39 is 0 Å². The third-order valence-electron chi connectivity index (χ3n) is 2.91. The van der Waals surface area contributed by atoms with Gasteiger partial charge in [-0.05, 0) is 44.0 Å². The van der Waals surface area contributed by atoms with E-state index in [2.05, 4.69) is 17.6 Å². The van der Waals surface area contributed by atoms with Gasteiger partial charge in [-0.2, -0.15) is 0 Å². The summed E-state index contributed by atoms with van der Waals surface area (Å²) in [6, 6.07) is 6.08. The van der Waals surface area contributed by atoms with Gasteiger partial charge in [0.2, 0.25) is 5.91 Å². The largest absolute Gasteiger partial charge is 0.325 e. The fraction of sp³-hybridized carbons (Fsp3) is 0.533. The second-order valence-electron chi connectivity index (χ2n) is 4.75. The van der Waals surface area contributed by atoms with Gasteiger partial charge in [0, 0.05) is 5.69 Å². The molecule has 1 amide bonds. The summed E-state index contributed by atoms with van der Waals surface area (Å²) in [6.07, 6.45) is 3.55. The third-order valence-corrected chi connectivity index (χ3v) is 2.91. The number of benzene rings is 1. The molecular formula is C15H24N2O. The Bertz CT molecular complexity index is 388. The molecule has 0 spiro atoms. The van der Waals surface area contributed by atoms with Crippen LogP contribution in [0.1, 0.15) is 37.3 Å². The Hall–Kier alpha value is -1.35. The van der Waals surface area contributed by atoms with Gasteiger partial charge in [0.15, 0.2) is 0 Å². The Balaban J connectivity index is 2.33. The molecule has 0 saturated carbocycles. The van der Waals surface area contributed by atoms with Crippen molar-refractivity contribution in [1.82, 2.24) is 5.32 Å². The number of unbranched alkanes of at least 4 members (excludes halogenated alkanes) is 2. The molecule has 18 heavy (non-hydrogen) atoms. The Kier molecular flexibility index (Phi) is 6.44. The zero-order valence-corrected chi connectivity index (χ0v) is 11.7. The van der Waals surface area contributed by atoms with Gasteiger partial charge in [0.25, 0.3) is 0 Å². The number of nitrogens with one attached hydrogen (secondary N) is 2. The zero-order chi connectivity index (χ0) is 13.4. The Labute approximate surface area is 110 Å². The number of carbonyl (C=O) groups excluding carboxylic acids is 1. The number of carbonyl (C=O) groups is 1. The summed E-state index contributed by atoms with van der Waals surface area (Å²) < 4.78 is 0. The van der Waals surface area contributed by atoms with Crippen molar-refractivity contribution < 1.29 is 4.79 Å².